The van der Waals surface area contributed by atoms with Crippen molar-refractivity contribution in [3.05, 3.63) is 64.7 Å². The third-order valence-corrected chi connectivity index (χ3v) is 10.0. The lowest BCUT2D eigenvalue weighted by Gasteiger charge is -2.39. The number of anilines is 2. The topological polar surface area (TPSA) is 163 Å². The fourth-order valence-corrected chi connectivity index (χ4v) is 7.26. The van der Waals surface area contributed by atoms with Crippen molar-refractivity contribution in [3.8, 4) is 17.0 Å². The molecule has 3 fully saturated rings. The number of carbonyl (C=O) groups is 2. The minimum absolute atomic E-state index is 0.107. The summed E-state index contributed by atoms with van der Waals surface area (Å²) in [6.07, 6.45) is -3.47. The maximum Gasteiger partial charge on any atom is 0.429 e. The van der Waals surface area contributed by atoms with Gasteiger partial charge >= 0.3 is 12.1 Å². The van der Waals surface area contributed by atoms with Gasteiger partial charge in [0.1, 0.15) is 11.9 Å². The number of aliphatic hydroxyl groups is 1. The van der Waals surface area contributed by atoms with Gasteiger partial charge in [-0.15, -0.1) is 0 Å². The molecule has 0 bridgehead atoms. The van der Waals surface area contributed by atoms with Crippen molar-refractivity contribution in [1.29, 1.82) is 0 Å². The number of piperidine rings is 1. The summed E-state index contributed by atoms with van der Waals surface area (Å²) < 4.78 is 50.1. The first-order valence-corrected chi connectivity index (χ1v) is 16.6. The maximum absolute atomic E-state index is 14.8. The number of rotatable bonds is 8. The first kappa shape index (κ1) is 34.7. The second-order valence-corrected chi connectivity index (χ2v) is 13.7. The number of carboxylic acid groups (broad SMARTS) is 1. The number of aromatic nitrogens is 2. The van der Waals surface area contributed by atoms with E-state index < -0.39 is 24.3 Å². The van der Waals surface area contributed by atoms with E-state index in [1.807, 2.05) is 4.90 Å². The number of nitrogens with one attached hydrogen (secondary N) is 2. The number of aliphatic carboxylic acids is 1. The molecule has 49 heavy (non-hydrogen) atoms. The summed E-state index contributed by atoms with van der Waals surface area (Å²) in [7, 11) is 0. The van der Waals surface area contributed by atoms with Gasteiger partial charge < -0.3 is 36.2 Å². The zero-order valence-electron chi connectivity index (χ0n) is 26.5. The molecule has 1 unspecified atom stereocenters. The van der Waals surface area contributed by atoms with Crippen molar-refractivity contribution in [1.82, 2.24) is 20.6 Å². The van der Waals surface area contributed by atoms with Crippen molar-refractivity contribution in [2.45, 2.75) is 75.4 Å². The molecule has 262 valence electrons. The third-order valence-electron chi connectivity index (χ3n) is 9.81. The van der Waals surface area contributed by atoms with Crippen molar-refractivity contribution in [2.75, 3.05) is 30.3 Å². The molecular weight excluding hydrogens is 665 g/mol. The quantitative estimate of drug-likeness (QED) is 0.213. The standard InChI is InChI=1S/C34H38ClF3N6O5/c35-21-4-9-24(25(15-21)19-2-1-3-20(14-19)30(46)41-22-5-7-23(45)8-6-22)29(34(36,37)38)49-28-16-27(42-32(39)43-28)44-12-10-33(11-13-44)17-26(31(47)48)40-18-33/h1-4,9,14-16,22-23,26,29,40,45H,5-8,10-13,17-18H2,(H,41,46)(H,47,48)(H2,39,42,43)/t22?,23?,26?,29-/m1/s1. The molecule has 2 saturated heterocycles. The van der Waals surface area contributed by atoms with Gasteiger partial charge in [0.2, 0.25) is 17.9 Å². The van der Waals surface area contributed by atoms with Gasteiger partial charge in [-0.25, -0.2) is 0 Å². The van der Waals surface area contributed by atoms with Crippen LogP contribution in [0.25, 0.3) is 11.1 Å². The SMILES string of the molecule is Nc1nc(O[C@H](c2ccc(Cl)cc2-c2cccc(C(=O)NC3CCC(O)CC3)c2)C(F)(F)F)cc(N2CCC3(CC2)CNC(C(=O)O)C3)n1. The smallest absolute Gasteiger partial charge is 0.429 e. The van der Waals surface area contributed by atoms with Gasteiger partial charge in [-0.3, -0.25) is 9.59 Å². The Morgan fingerprint density at radius 1 is 1.08 bits per heavy atom. The number of hydrogen-bond donors (Lipinski definition) is 5. The highest BCUT2D eigenvalue weighted by Gasteiger charge is 2.46. The number of nitrogens with zero attached hydrogens (tertiary/aromatic N) is 3. The first-order valence-electron chi connectivity index (χ1n) is 16.3. The summed E-state index contributed by atoms with van der Waals surface area (Å²) in [6, 6.07) is 10.9. The molecule has 15 heteroatoms. The van der Waals surface area contributed by atoms with E-state index in [0.717, 1.165) is 0 Å². The number of carboxylic acids is 1. The average molecular weight is 703 g/mol. The lowest BCUT2D eigenvalue weighted by molar-refractivity contribution is -0.198. The molecule has 1 amide bonds. The number of ether oxygens (including phenoxy) is 1. The molecule has 3 aliphatic rings. The number of hydrogen-bond acceptors (Lipinski definition) is 9. The Kier molecular flexibility index (Phi) is 9.92. The Hall–Kier alpha value is -4.14. The van der Waals surface area contributed by atoms with Gasteiger partial charge in [0.05, 0.1) is 6.10 Å². The summed E-state index contributed by atoms with van der Waals surface area (Å²) in [4.78, 5) is 34.7. The van der Waals surface area contributed by atoms with Gasteiger partial charge in [0, 0.05) is 47.9 Å². The monoisotopic (exact) mass is 702 g/mol. The third kappa shape index (κ3) is 8.03. The van der Waals surface area contributed by atoms with Crippen LogP contribution in [-0.2, 0) is 4.79 Å². The Balaban J connectivity index is 1.24. The van der Waals surface area contributed by atoms with Crippen LogP contribution >= 0.6 is 11.6 Å². The van der Waals surface area contributed by atoms with Gasteiger partial charge in [0.15, 0.2) is 0 Å². The van der Waals surface area contributed by atoms with Crippen molar-refractivity contribution in [3.63, 3.8) is 0 Å². The lowest BCUT2D eigenvalue weighted by Crippen LogP contribution is -2.41. The van der Waals surface area contributed by atoms with Gasteiger partial charge in [0.25, 0.3) is 5.91 Å². The number of alkyl halides is 3. The van der Waals surface area contributed by atoms with Crippen molar-refractivity contribution < 1.29 is 37.7 Å². The molecule has 2 aromatic carbocycles. The summed E-state index contributed by atoms with van der Waals surface area (Å²) in [6.45, 7) is 1.58. The second kappa shape index (κ2) is 14.0. The van der Waals surface area contributed by atoms with E-state index in [1.54, 1.807) is 18.2 Å². The number of halogens is 4. The predicted molar refractivity (Wildman–Crippen MR) is 176 cm³/mol. The molecular formula is C34H38ClF3N6O5. The molecule has 1 aliphatic carbocycles. The van der Waals surface area contributed by atoms with E-state index in [4.69, 9.17) is 22.1 Å². The Morgan fingerprint density at radius 3 is 2.49 bits per heavy atom. The average Bonchev–Trinajstić information content (AvgIpc) is 3.48. The number of nitrogens with two attached hydrogens (primary N) is 1. The van der Waals surface area contributed by atoms with Gasteiger partial charge in [-0.2, -0.15) is 23.1 Å². The Morgan fingerprint density at radius 2 is 1.82 bits per heavy atom. The minimum atomic E-state index is -4.89. The molecule has 6 N–H and O–H groups in total. The highest BCUT2D eigenvalue weighted by Crippen LogP contribution is 2.43. The number of aliphatic hydroxyl groups excluding tert-OH is 1. The Bertz CT molecular complexity index is 1690. The molecule has 1 aromatic heterocycles. The molecule has 0 radical (unpaired) electrons. The largest absolute Gasteiger partial charge is 0.480 e. The van der Waals surface area contributed by atoms with Crippen LogP contribution in [0.3, 0.4) is 0 Å². The summed E-state index contributed by atoms with van der Waals surface area (Å²) in [5, 5.41) is 25.4. The van der Waals surface area contributed by atoms with E-state index in [0.29, 0.717) is 76.0 Å². The van der Waals surface area contributed by atoms with E-state index in [2.05, 4.69) is 20.6 Å². The lowest BCUT2D eigenvalue weighted by atomic mass is 9.76. The highest BCUT2D eigenvalue weighted by atomic mass is 35.5. The van der Waals surface area contributed by atoms with Crippen molar-refractivity contribution in [2.24, 2.45) is 5.41 Å². The predicted octanol–water partition coefficient (Wildman–Crippen LogP) is 5.13. The minimum Gasteiger partial charge on any atom is -0.480 e. The van der Waals surface area contributed by atoms with Crippen LogP contribution in [0.2, 0.25) is 5.02 Å². The van der Waals surface area contributed by atoms with Crippen molar-refractivity contribution >= 4 is 35.2 Å². The van der Waals surface area contributed by atoms with Crippen LogP contribution in [-0.4, -0.2) is 76.1 Å². The number of nitrogen functional groups attached to an aromatic ring is 1. The molecule has 2 aliphatic heterocycles. The zero-order chi connectivity index (χ0) is 34.9. The highest BCUT2D eigenvalue weighted by molar-refractivity contribution is 6.30. The molecule has 1 spiro atoms. The Labute approximate surface area is 286 Å². The van der Waals surface area contributed by atoms with E-state index in [-0.39, 0.29) is 57.0 Å². The van der Waals surface area contributed by atoms with Crippen LogP contribution in [0.4, 0.5) is 24.9 Å². The fraction of sp³-hybridized carbons (Fsp3) is 0.471. The van der Waals surface area contributed by atoms with Crippen LogP contribution in [0.1, 0.15) is 67.0 Å². The van der Waals surface area contributed by atoms with Crippen LogP contribution < -0.4 is 26.0 Å². The summed E-state index contributed by atoms with van der Waals surface area (Å²) in [5.41, 5.74) is 6.27. The van der Waals surface area contributed by atoms with E-state index in [9.17, 15) is 33.0 Å². The second-order valence-electron chi connectivity index (χ2n) is 13.2. The summed E-state index contributed by atoms with van der Waals surface area (Å²) in [5.74, 6) is -1.58. The maximum atomic E-state index is 14.8. The zero-order valence-corrected chi connectivity index (χ0v) is 27.3. The van der Waals surface area contributed by atoms with Crippen LogP contribution in [0.5, 0.6) is 5.88 Å². The number of amides is 1. The first-order chi connectivity index (χ1) is 23.3. The molecule has 2 atom stereocenters. The van der Waals surface area contributed by atoms with Gasteiger partial charge in [-0.05, 0) is 85.8 Å². The van der Waals surface area contributed by atoms with Crippen LogP contribution in [0, 0.1) is 5.41 Å². The molecule has 1 saturated carbocycles. The summed E-state index contributed by atoms with van der Waals surface area (Å²) >= 11 is 6.29. The number of carbonyl (C=O) groups excluding carboxylic acids is 1. The molecule has 3 aromatic rings. The van der Waals surface area contributed by atoms with Crippen LogP contribution in [0.15, 0.2) is 48.5 Å². The van der Waals surface area contributed by atoms with E-state index >= 15 is 0 Å². The normalized spacial score (nSPS) is 22.9. The molecule has 6 rings (SSSR count). The molecule has 3 heterocycles. The fourth-order valence-electron chi connectivity index (χ4n) is 7.09. The van der Waals surface area contributed by atoms with Gasteiger partial charge in [-0.1, -0.05) is 29.8 Å². The number of benzene rings is 2. The molecule has 11 nitrogen and oxygen atoms in total. The van der Waals surface area contributed by atoms with E-state index in [1.165, 1.54) is 30.3 Å².